The maximum absolute atomic E-state index is 5.98. The molecule has 0 bridgehead atoms. The Kier molecular flexibility index (Phi) is 4.68. The lowest BCUT2D eigenvalue weighted by Crippen LogP contribution is -2.14. The van der Waals surface area contributed by atoms with E-state index in [1.807, 2.05) is 24.7 Å². The SMILES string of the molecule is CNC(C)c1ccc(C)cc1OCc1ncc(Cl)n1C. The van der Waals surface area contributed by atoms with Crippen LogP contribution in [-0.4, -0.2) is 16.6 Å². The van der Waals surface area contributed by atoms with Gasteiger partial charge in [-0.3, -0.25) is 0 Å². The molecule has 4 nitrogen and oxygen atoms in total. The van der Waals surface area contributed by atoms with Crippen LogP contribution in [0.4, 0.5) is 0 Å². The van der Waals surface area contributed by atoms with Crippen molar-refractivity contribution in [3.8, 4) is 5.75 Å². The highest BCUT2D eigenvalue weighted by atomic mass is 35.5. The monoisotopic (exact) mass is 293 g/mol. The van der Waals surface area contributed by atoms with Crippen molar-refractivity contribution in [1.29, 1.82) is 0 Å². The second-order valence-electron chi connectivity index (χ2n) is 4.90. The molecule has 1 atom stereocenters. The maximum Gasteiger partial charge on any atom is 0.147 e. The summed E-state index contributed by atoms with van der Waals surface area (Å²) in [5.41, 5.74) is 2.31. The highest BCUT2D eigenvalue weighted by Gasteiger charge is 2.12. The molecule has 1 unspecified atom stereocenters. The fourth-order valence-electron chi connectivity index (χ4n) is 1.98. The van der Waals surface area contributed by atoms with Gasteiger partial charge in [-0.2, -0.15) is 0 Å². The number of imidazole rings is 1. The lowest BCUT2D eigenvalue weighted by molar-refractivity contribution is 0.286. The fourth-order valence-corrected chi connectivity index (χ4v) is 2.13. The molecule has 5 heteroatoms. The first-order valence-electron chi connectivity index (χ1n) is 6.59. The van der Waals surface area contributed by atoms with E-state index in [1.165, 1.54) is 5.56 Å². The number of aromatic nitrogens is 2. The Morgan fingerprint density at radius 2 is 2.20 bits per heavy atom. The van der Waals surface area contributed by atoms with E-state index in [0.29, 0.717) is 11.8 Å². The molecule has 1 aromatic carbocycles. The molecule has 1 heterocycles. The van der Waals surface area contributed by atoms with E-state index in [4.69, 9.17) is 16.3 Å². The normalized spacial score (nSPS) is 12.4. The van der Waals surface area contributed by atoms with Gasteiger partial charge in [-0.25, -0.2) is 4.98 Å². The number of nitrogens with one attached hydrogen (secondary N) is 1. The van der Waals surface area contributed by atoms with Crippen LogP contribution in [0.15, 0.2) is 24.4 Å². The van der Waals surface area contributed by atoms with Crippen molar-refractivity contribution in [2.24, 2.45) is 7.05 Å². The molecule has 0 spiro atoms. The topological polar surface area (TPSA) is 39.1 Å². The highest BCUT2D eigenvalue weighted by Crippen LogP contribution is 2.27. The third-order valence-corrected chi connectivity index (χ3v) is 3.80. The molecule has 0 aliphatic heterocycles. The van der Waals surface area contributed by atoms with Crippen LogP contribution in [0.1, 0.15) is 29.9 Å². The standard InChI is InChI=1S/C15H20ClN3O/c1-10-5-6-12(11(2)17-3)13(7-10)20-9-15-18-8-14(16)19(15)4/h5-8,11,17H,9H2,1-4H3. The number of benzene rings is 1. The van der Waals surface area contributed by atoms with Crippen LogP contribution in [0, 0.1) is 6.92 Å². The molecule has 0 aliphatic carbocycles. The molecule has 108 valence electrons. The van der Waals surface area contributed by atoms with E-state index in [-0.39, 0.29) is 6.04 Å². The second kappa shape index (κ2) is 6.29. The first-order chi connectivity index (χ1) is 9.52. The van der Waals surface area contributed by atoms with E-state index in [9.17, 15) is 0 Å². The van der Waals surface area contributed by atoms with Crippen LogP contribution in [-0.2, 0) is 13.7 Å². The molecule has 1 N–H and O–H groups in total. The minimum absolute atomic E-state index is 0.232. The zero-order valence-corrected chi connectivity index (χ0v) is 13.0. The maximum atomic E-state index is 5.98. The number of hydrogen-bond donors (Lipinski definition) is 1. The largest absolute Gasteiger partial charge is 0.485 e. The van der Waals surface area contributed by atoms with Crippen molar-refractivity contribution in [2.75, 3.05) is 7.05 Å². The molecule has 0 saturated heterocycles. The summed E-state index contributed by atoms with van der Waals surface area (Å²) < 4.78 is 7.76. The summed E-state index contributed by atoms with van der Waals surface area (Å²) in [6.45, 7) is 4.56. The van der Waals surface area contributed by atoms with Crippen molar-refractivity contribution in [3.63, 3.8) is 0 Å². The van der Waals surface area contributed by atoms with E-state index < -0.39 is 0 Å². The van der Waals surface area contributed by atoms with Gasteiger partial charge in [0.25, 0.3) is 0 Å². The third-order valence-electron chi connectivity index (χ3n) is 3.45. The van der Waals surface area contributed by atoms with Gasteiger partial charge in [-0.1, -0.05) is 23.7 Å². The Bertz CT molecular complexity index is 595. The van der Waals surface area contributed by atoms with Gasteiger partial charge >= 0.3 is 0 Å². The summed E-state index contributed by atoms with van der Waals surface area (Å²) in [6, 6.07) is 6.47. The summed E-state index contributed by atoms with van der Waals surface area (Å²) in [5.74, 6) is 1.69. The lowest BCUT2D eigenvalue weighted by Gasteiger charge is -2.17. The molecule has 0 saturated carbocycles. The Morgan fingerprint density at radius 1 is 1.45 bits per heavy atom. The number of ether oxygens (including phenoxy) is 1. The number of hydrogen-bond acceptors (Lipinski definition) is 3. The van der Waals surface area contributed by atoms with Gasteiger partial charge < -0.3 is 14.6 Å². The van der Waals surface area contributed by atoms with Crippen LogP contribution in [0.5, 0.6) is 5.75 Å². The Hall–Kier alpha value is -1.52. The molecular formula is C15H20ClN3O. The van der Waals surface area contributed by atoms with Gasteiger partial charge in [-0.15, -0.1) is 0 Å². The first kappa shape index (κ1) is 14.9. The first-order valence-corrected chi connectivity index (χ1v) is 6.97. The molecule has 1 aromatic heterocycles. The molecule has 0 radical (unpaired) electrons. The number of nitrogens with zero attached hydrogens (tertiary/aromatic N) is 2. The second-order valence-corrected chi connectivity index (χ2v) is 5.28. The minimum atomic E-state index is 0.232. The zero-order valence-electron chi connectivity index (χ0n) is 12.3. The van der Waals surface area contributed by atoms with E-state index >= 15 is 0 Å². The lowest BCUT2D eigenvalue weighted by atomic mass is 10.1. The zero-order chi connectivity index (χ0) is 14.7. The summed E-state index contributed by atoms with van der Waals surface area (Å²) >= 11 is 5.98. The molecule has 2 rings (SSSR count). The quantitative estimate of drug-likeness (QED) is 0.920. The fraction of sp³-hybridized carbons (Fsp3) is 0.400. The average molecular weight is 294 g/mol. The Labute approximate surface area is 124 Å². The third kappa shape index (κ3) is 3.14. The molecule has 20 heavy (non-hydrogen) atoms. The Morgan fingerprint density at radius 3 is 2.80 bits per heavy atom. The van der Waals surface area contributed by atoms with Gasteiger partial charge in [0.05, 0.1) is 6.20 Å². The van der Waals surface area contributed by atoms with Gasteiger partial charge in [0.1, 0.15) is 23.3 Å². The van der Waals surface area contributed by atoms with Crippen LogP contribution >= 0.6 is 11.6 Å². The van der Waals surface area contributed by atoms with Crippen molar-refractivity contribution >= 4 is 11.6 Å². The summed E-state index contributed by atoms with van der Waals surface area (Å²) in [5, 5.41) is 3.84. The van der Waals surface area contributed by atoms with Crippen LogP contribution in [0.2, 0.25) is 5.15 Å². The van der Waals surface area contributed by atoms with E-state index in [0.717, 1.165) is 17.1 Å². The average Bonchev–Trinajstić information content (AvgIpc) is 2.76. The van der Waals surface area contributed by atoms with Crippen LogP contribution < -0.4 is 10.1 Å². The van der Waals surface area contributed by atoms with Crippen molar-refractivity contribution in [2.45, 2.75) is 26.5 Å². The van der Waals surface area contributed by atoms with Gasteiger partial charge in [0.15, 0.2) is 0 Å². The number of halogens is 1. The van der Waals surface area contributed by atoms with Crippen molar-refractivity contribution in [1.82, 2.24) is 14.9 Å². The molecule has 0 fully saturated rings. The highest BCUT2D eigenvalue weighted by molar-refractivity contribution is 6.29. The number of aryl methyl sites for hydroxylation is 1. The van der Waals surface area contributed by atoms with Gasteiger partial charge in [0.2, 0.25) is 0 Å². The van der Waals surface area contributed by atoms with Gasteiger partial charge in [-0.05, 0) is 32.5 Å². The molecule has 2 aromatic rings. The van der Waals surface area contributed by atoms with E-state index in [1.54, 1.807) is 6.20 Å². The predicted octanol–water partition coefficient (Wildman–Crippen LogP) is 3.24. The molecular weight excluding hydrogens is 274 g/mol. The van der Waals surface area contributed by atoms with E-state index in [2.05, 4.69) is 36.3 Å². The number of rotatable bonds is 5. The molecule has 0 amide bonds. The summed E-state index contributed by atoms with van der Waals surface area (Å²) in [7, 11) is 3.81. The van der Waals surface area contributed by atoms with Crippen molar-refractivity contribution < 1.29 is 4.74 Å². The minimum Gasteiger partial charge on any atom is -0.485 e. The van der Waals surface area contributed by atoms with Crippen LogP contribution in [0.25, 0.3) is 0 Å². The predicted molar refractivity (Wildman–Crippen MR) is 81.2 cm³/mol. The van der Waals surface area contributed by atoms with Crippen LogP contribution in [0.3, 0.4) is 0 Å². The van der Waals surface area contributed by atoms with Gasteiger partial charge in [0, 0.05) is 18.7 Å². The Balaban J connectivity index is 2.20. The summed E-state index contributed by atoms with van der Waals surface area (Å²) in [4.78, 5) is 4.24. The van der Waals surface area contributed by atoms with Crippen molar-refractivity contribution in [3.05, 3.63) is 46.5 Å². The molecule has 0 aliphatic rings. The summed E-state index contributed by atoms with van der Waals surface area (Å²) in [6.07, 6.45) is 1.63. The smallest absolute Gasteiger partial charge is 0.147 e.